The first-order valence-corrected chi connectivity index (χ1v) is 4.90. The third-order valence-electron chi connectivity index (χ3n) is 1.77. The van der Waals surface area contributed by atoms with Crippen LogP contribution in [0.5, 0.6) is 0 Å². The molecule has 2 rings (SSSR count). The van der Waals surface area contributed by atoms with Crippen molar-refractivity contribution >= 4 is 11.9 Å². The van der Waals surface area contributed by atoms with Crippen LogP contribution in [0.3, 0.4) is 0 Å². The molecule has 0 atom stereocenters. The topological polar surface area (TPSA) is 100 Å². The minimum atomic E-state index is -0.990. The molecule has 0 aliphatic carbocycles. The second-order valence-corrected chi connectivity index (χ2v) is 3.04. The number of aromatic nitrogens is 2. The molecule has 19 heavy (non-hydrogen) atoms. The predicted molar refractivity (Wildman–Crippen MR) is 62.4 cm³/mol. The minimum Gasteiger partial charge on any atom is -0.477 e. The Balaban J connectivity index is 0.000000324. The monoisotopic (exact) mass is 353 g/mol. The molecule has 0 amide bonds. The SMILES string of the molecule is O=C(O)c1ccccn1.O=C(O)c1ccccn1.[Ag]. The predicted octanol–water partition coefficient (Wildman–Crippen LogP) is 1.56. The smallest absolute Gasteiger partial charge is 0.354 e. The van der Waals surface area contributed by atoms with Crippen molar-refractivity contribution < 1.29 is 42.2 Å². The maximum absolute atomic E-state index is 10.1. The van der Waals surface area contributed by atoms with Crippen LogP contribution in [0.2, 0.25) is 0 Å². The molecule has 103 valence electrons. The van der Waals surface area contributed by atoms with E-state index < -0.39 is 11.9 Å². The first kappa shape index (κ1) is 17.0. The number of carboxylic acid groups (broad SMARTS) is 2. The Morgan fingerprint density at radius 3 is 1.32 bits per heavy atom. The molecule has 0 saturated carbocycles. The van der Waals surface area contributed by atoms with Gasteiger partial charge in [-0.1, -0.05) is 12.1 Å². The Bertz CT molecular complexity index is 470. The Kier molecular flexibility index (Phi) is 8.03. The number of nitrogens with zero attached hydrogens (tertiary/aromatic N) is 2. The average molecular weight is 354 g/mol. The Morgan fingerprint density at radius 2 is 1.16 bits per heavy atom. The molecule has 0 unspecified atom stereocenters. The molecular weight excluding hydrogens is 344 g/mol. The average Bonchev–Trinajstić information content (AvgIpc) is 2.41. The van der Waals surface area contributed by atoms with Gasteiger partial charge in [0.05, 0.1) is 0 Å². The van der Waals surface area contributed by atoms with Crippen molar-refractivity contribution in [3.8, 4) is 0 Å². The maximum atomic E-state index is 10.1. The second-order valence-electron chi connectivity index (χ2n) is 3.04. The maximum Gasteiger partial charge on any atom is 0.354 e. The van der Waals surface area contributed by atoms with E-state index in [1.165, 1.54) is 24.5 Å². The summed E-state index contributed by atoms with van der Waals surface area (Å²) in [6.07, 6.45) is 2.90. The number of carboxylic acids is 2. The molecule has 2 aromatic heterocycles. The molecule has 2 N–H and O–H groups in total. The molecule has 1 radical (unpaired) electrons. The third kappa shape index (κ3) is 6.46. The van der Waals surface area contributed by atoms with Crippen molar-refractivity contribution in [3.05, 3.63) is 60.2 Å². The second kappa shape index (κ2) is 8.98. The van der Waals surface area contributed by atoms with Gasteiger partial charge in [-0.05, 0) is 24.3 Å². The molecule has 6 nitrogen and oxygen atoms in total. The summed E-state index contributed by atoms with van der Waals surface area (Å²) >= 11 is 0. The normalized spacial score (nSPS) is 8.42. The van der Waals surface area contributed by atoms with Gasteiger partial charge in [0, 0.05) is 34.8 Å². The summed E-state index contributed by atoms with van der Waals surface area (Å²) in [5, 5.41) is 16.6. The fourth-order valence-electron chi connectivity index (χ4n) is 0.979. The molecular formula is C12H10AgN2O4. The van der Waals surface area contributed by atoms with E-state index in [1.807, 2.05) is 0 Å². The van der Waals surface area contributed by atoms with Gasteiger partial charge in [-0.15, -0.1) is 0 Å². The van der Waals surface area contributed by atoms with Crippen LogP contribution < -0.4 is 0 Å². The fourth-order valence-corrected chi connectivity index (χ4v) is 0.979. The van der Waals surface area contributed by atoms with Gasteiger partial charge >= 0.3 is 11.9 Å². The van der Waals surface area contributed by atoms with Crippen LogP contribution in [-0.2, 0) is 22.4 Å². The van der Waals surface area contributed by atoms with Crippen molar-refractivity contribution in [2.75, 3.05) is 0 Å². The Morgan fingerprint density at radius 1 is 0.789 bits per heavy atom. The van der Waals surface area contributed by atoms with Crippen molar-refractivity contribution in [3.63, 3.8) is 0 Å². The summed E-state index contributed by atoms with van der Waals surface area (Å²) in [7, 11) is 0. The van der Waals surface area contributed by atoms with E-state index in [-0.39, 0.29) is 33.8 Å². The molecule has 2 heterocycles. The summed E-state index contributed by atoms with van der Waals surface area (Å²) in [5.74, 6) is -1.98. The number of carbonyl (C=O) groups is 2. The quantitative estimate of drug-likeness (QED) is 0.794. The van der Waals surface area contributed by atoms with Gasteiger partial charge in [0.2, 0.25) is 0 Å². The Labute approximate surface area is 124 Å². The van der Waals surface area contributed by atoms with Crippen molar-refractivity contribution in [2.45, 2.75) is 0 Å². The minimum absolute atomic E-state index is 0. The van der Waals surface area contributed by atoms with Gasteiger partial charge < -0.3 is 10.2 Å². The van der Waals surface area contributed by atoms with E-state index in [1.54, 1.807) is 24.3 Å². The number of pyridine rings is 2. The van der Waals surface area contributed by atoms with Gasteiger partial charge in [0.1, 0.15) is 11.4 Å². The van der Waals surface area contributed by atoms with Crippen LogP contribution >= 0.6 is 0 Å². The van der Waals surface area contributed by atoms with E-state index in [2.05, 4.69) is 9.97 Å². The molecule has 0 bridgehead atoms. The third-order valence-corrected chi connectivity index (χ3v) is 1.77. The van der Waals surface area contributed by atoms with Crippen LogP contribution in [0.15, 0.2) is 48.8 Å². The van der Waals surface area contributed by atoms with Crippen LogP contribution in [0, 0.1) is 0 Å². The summed E-state index contributed by atoms with van der Waals surface area (Å²) in [5.41, 5.74) is 0.162. The van der Waals surface area contributed by atoms with E-state index in [9.17, 15) is 9.59 Å². The molecule has 0 aliphatic rings. The molecule has 7 heteroatoms. The van der Waals surface area contributed by atoms with Crippen LogP contribution in [-0.4, -0.2) is 32.1 Å². The zero-order valence-corrected chi connectivity index (χ0v) is 11.0. The summed E-state index contributed by atoms with van der Waals surface area (Å²) in [4.78, 5) is 27.4. The summed E-state index contributed by atoms with van der Waals surface area (Å²) in [6.45, 7) is 0. The van der Waals surface area contributed by atoms with E-state index in [4.69, 9.17) is 10.2 Å². The van der Waals surface area contributed by atoms with E-state index in [0.717, 1.165) is 0 Å². The zero-order valence-electron chi connectivity index (χ0n) is 9.53. The number of rotatable bonds is 2. The van der Waals surface area contributed by atoms with Gasteiger partial charge in [-0.3, -0.25) is 0 Å². The summed E-state index contributed by atoms with van der Waals surface area (Å²) in [6, 6.07) is 9.51. The standard InChI is InChI=1S/2C6H5NO2.Ag/c2*8-6(9)5-3-1-2-4-7-5;/h2*1-4H,(H,8,9);. The van der Waals surface area contributed by atoms with Crippen molar-refractivity contribution in [1.82, 2.24) is 9.97 Å². The molecule has 0 spiro atoms. The van der Waals surface area contributed by atoms with Gasteiger partial charge in [-0.25, -0.2) is 19.6 Å². The fraction of sp³-hybridized carbons (Fsp3) is 0. The molecule has 0 aromatic carbocycles. The molecule has 2 aromatic rings. The van der Waals surface area contributed by atoms with Gasteiger partial charge in [0.25, 0.3) is 0 Å². The molecule has 0 aliphatic heterocycles. The van der Waals surface area contributed by atoms with Gasteiger partial charge in [0.15, 0.2) is 0 Å². The van der Waals surface area contributed by atoms with Gasteiger partial charge in [-0.2, -0.15) is 0 Å². The van der Waals surface area contributed by atoms with E-state index >= 15 is 0 Å². The zero-order chi connectivity index (χ0) is 13.4. The first-order chi connectivity index (χ1) is 8.61. The van der Waals surface area contributed by atoms with Crippen molar-refractivity contribution in [1.29, 1.82) is 0 Å². The number of hydrogen-bond donors (Lipinski definition) is 2. The van der Waals surface area contributed by atoms with Crippen LogP contribution in [0.25, 0.3) is 0 Å². The van der Waals surface area contributed by atoms with Crippen molar-refractivity contribution in [2.24, 2.45) is 0 Å². The molecule has 0 saturated heterocycles. The molecule has 0 fully saturated rings. The Hall–Kier alpha value is -2.02. The number of hydrogen-bond acceptors (Lipinski definition) is 4. The number of aromatic carboxylic acids is 2. The van der Waals surface area contributed by atoms with Crippen LogP contribution in [0.4, 0.5) is 0 Å². The summed E-state index contributed by atoms with van der Waals surface area (Å²) < 4.78 is 0. The van der Waals surface area contributed by atoms with E-state index in [0.29, 0.717) is 0 Å². The largest absolute Gasteiger partial charge is 0.477 e. The first-order valence-electron chi connectivity index (χ1n) is 4.90. The van der Waals surface area contributed by atoms with Crippen LogP contribution in [0.1, 0.15) is 21.0 Å².